The number of thiophene rings is 1. The highest BCUT2D eigenvalue weighted by Gasteiger charge is 2.20. The van der Waals surface area contributed by atoms with Crippen molar-refractivity contribution >= 4 is 11.3 Å². The van der Waals surface area contributed by atoms with E-state index in [1.165, 1.54) is 23.3 Å². The number of nitrogens with one attached hydrogen (secondary N) is 1. The highest BCUT2D eigenvalue weighted by atomic mass is 32.1. The van der Waals surface area contributed by atoms with Gasteiger partial charge in [-0.25, -0.2) is 0 Å². The van der Waals surface area contributed by atoms with E-state index in [4.69, 9.17) is 4.74 Å². The van der Waals surface area contributed by atoms with E-state index < -0.39 is 0 Å². The molecule has 0 amide bonds. The highest BCUT2D eigenvalue weighted by molar-refractivity contribution is 7.12. The third-order valence-corrected chi connectivity index (χ3v) is 4.58. The van der Waals surface area contributed by atoms with Crippen LogP contribution in [0, 0.1) is 0 Å². The van der Waals surface area contributed by atoms with Gasteiger partial charge in [0, 0.05) is 36.1 Å². The largest absolute Gasteiger partial charge is 0.385 e. The van der Waals surface area contributed by atoms with Gasteiger partial charge in [0.05, 0.1) is 0 Å². The second-order valence-corrected chi connectivity index (χ2v) is 5.99. The summed E-state index contributed by atoms with van der Waals surface area (Å²) in [6.45, 7) is 4.19. The number of ether oxygens (including phenoxy) is 1. The third-order valence-electron chi connectivity index (χ3n) is 3.20. The zero-order chi connectivity index (χ0) is 12.1. The SMILES string of the molecule is CCc1sc(CCCOC)cc1CNC1CC1. The van der Waals surface area contributed by atoms with Crippen molar-refractivity contribution < 1.29 is 4.74 Å². The summed E-state index contributed by atoms with van der Waals surface area (Å²) in [5.74, 6) is 0. The van der Waals surface area contributed by atoms with Gasteiger partial charge in [-0.1, -0.05) is 6.92 Å². The minimum absolute atomic E-state index is 0.802. The number of hydrogen-bond donors (Lipinski definition) is 1. The van der Waals surface area contributed by atoms with Crippen LogP contribution in [0.3, 0.4) is 0 Å². The van der Waals surface area contributed by atoms with Crippen LogP contribution >= 0.6 is 11.3 Å². The van der Waals surface area contributed by atoms with Crippen LogP contribution in [-0.4, -0.2) is 19.8 Å². The van der Waals surface area contributed by atoms with E-state index in [1.807, 2.05) is 11.3 Å². The minimum atomic E-state index is 0.802. The fourth-order valence-electron chi connectivity index (χ4n) is 2.03. The Morgan fingerprint density at radius 1 is 1.47 bits per heavy atom. The molecule has 3 heteroatoms. The molecular formula is C14H23NOS. The first-order chi connectivity index (χ1) is 8.33. The third kappa shape index (κ3) is 4.09. The topological polar surface area (TPSA) is 21.3 Å². The van der Waals surface area contributed by atoms with Crippen LogP contribution in [0.1, 0.15) is 41.5 Å². The van der Waals surface area contributed by atoms with Crippen molar-refractivity contribution in [2.45, 2.75) is 51.6 Å². The van der Waals surface area contributed by atoms with Gasteiger partial charge in [-0.15, -0.1) is 11.3 Å². The summed E-state index contributed by atoms with van der Waals surface area (Å²) < 4.78 is 5.11. The summed E-state index contributed by atoms with van der Waals surface area (Å²) in [5.41, 5.74) is 1.52. The standard InChI is InChI=1S/C14H23NOS/c1-3-14-11(10-15-12-6-7-12)9-13(17-14)5-4-8-16-2/h9,12,15H,3-8,10H2,1-2H3. The van der Waals surface area contributed by atoms with Gasteiger partial charge in [-0.2, -0.15) is 0 Å². The molecule has 1 saturated carbocycles. The van der Waals surface area contributed by atoms with E-state index in [9.17, 15) is 0 Å². The second-order valence-electron chi connectivity index (χ2n) is 4.77. The molecule has 0 saturated heterocycles. The van der Waals surface area contributed by atoms with Crippen LogP contribution in [0.25, 0.3) is 0 Å². The molecule has 0 spiro atoms. The van der Waals surface area contributed by atoms with Gasteiger partial charge in [-0.05, 0) is 43.7 Å². The Kier molecular flexibility index (Phi) is 5.01. The van der Waals surface area contributed by atoms with E-state index in [0.717, 1.165) is 38.5 Å². The van der Waals surface area contributed by atoms with E-state index in [-0.39, 0.29) is 0 Å². The lowest BCUT2D eigenvalue weighted by molar-refractivity contribution is 0.195. The molecule has 1 aliphatic rings. The molecule has 96 valence electrons. The normalized spacial score (nSPS) is 15.4. The molecular weight excluding hydrogens is 230 g/mol. The maximum Gasteiger partial charge on any atom is 0.0465 e. The lowest BCUT2D eigenvalue weighted by atomic mass is 10.2. The van der Waals surface area contributed by atoms with Crippen LogP contribution in [0.15, 0.2) is 6.07 Å². The summed E-state index contributed by atoms with van der Waals surface area (Å²) in [7, 11) is 1.77. The summed E-state index contributed by atoms with van der Waals surface area (Å²) >= 11 is 1.99. The van der Waals surface area contributed by atoms with Crippen LogP contribution in [0.2, 0.25) is 0 Å². The van der Waals surface area contributed by atoms with Crippen LogP contribution in [-0.2, 0) is 24.1 Å². The lowest BCUT2D eigenvalue weighted by Crippen LogP contribution is -2.15. The number of aryl methyl sites for hydroxylation is 2. The zero-order valence-corrected chi connectivity index (χ0v) is 11.7. The molecule has 1 fully saturated rings. The van der Waals surface area contributed by atoms with Crippen molar-refractivity contribution in [2.75, 3.05) is 13.7 Å². The lowest BCUT2D eigenvalue weighted by Gasteiger charge is -2.02. The maximum absolute atomic E-state index is 5.11. The van der Waals surface area contributed by atoms with Crippen molar-refractivity contribution in [3.05, 3.63) is 21.4 Å². The summed E-state index contributed by atoms with van der Waals surface area (Å²) in [6.07, 6.45) is 6.19. The van der Waals surface area contributed by atoms with Gasteiger partial charge in [0.25, 0.3) is 0 Å². The first-order valence-electron chi connectivity index (χ1n) is 6.66. The number of methoxy groups -OCH3 is 1. The van der Waals surface area contributed by atoms with E-state index in [0.29, 0.717) is 0 Å². The van der Waals surface area contributed by atoms with Gasteiger partial charge in [-0.3, -0.25) is 0 Å². The Bertz CT molecular complexity index is 344. The van der Waals surface area contributed by atoms with E-state index >= 15 is 0 Å². The zero-order valence-electron chi connectivity index (χ0n) is 10.9. The van der Waals surface area contributed by atoms with Crippen LogP contribution in [0.4, 0.5) is 0 Å². The first-order valence-corrected chi connectivity index (χ1v) is 7.48. The Morgan fingerprint density at radius 2 is 2.29 bits per heavy atom. The second kappa shape index (κ2) is 6.53. The Balaban J connectivity index is 1.88. The Morgan fingerprint density at radius 3 is 2.94 bits per heavy atom. The Hall–Kier alpha value is -0.380. The smallest absolute Gasteiger partial charge is 0.0465 e. The molecule has 1 aromatic heterocycles. The van der Waals surface area contributed by atoms with Crippen molar-refractivity contribution in [1.29, 1.82) is 0 Å². The molecule has 1 aliphatic carbocycles. The average Bonchev–Trinajstić information content (AvgIpc) is 3.08. The van der Waals surface area contributed by atoms with Crippen molar-refractivity contribution in [3.63, 3.8) is 0 Å². The molecule has 2 nitrogen and oxygen atoms in total. The van der Waals surface area contributed by atoms with Gasteiger partial charge >= 0.3 is 0 Å². The summed E-state index contributed by atoms with van der Waals surface area (Å²) in [6, 6.07) is 3.20. The summed E-state index contributed by atoms with van der Waals surface area (Å²) in [4.78, 5) is 3.08. The summed E-state index contributed by atoms with van der Waals surface area (Å²) in [5, 5.41) is 3.61. The maximum atomic E-state index is 5.11. The molecule has 1 heterocycles. The molecule has 17 heavy (non-hydrogen) atoms. The molecule has 1 N–H and O–H groups in total. The number of rotatable bonds is 8. The van der Waals surface area contributed by atoms with E-state index in [1.54, 1.807) is 12.0 Å². The van der Waals surface area contributed by atoms with E-state index in [2.05, 4.69) is 18.3 Å². The molecule has 0 aliphatic heterocycles. The molecule has 2 rings (SSSR count). The number of hydrogen-bond acceptors (Lipinski definition) is 3. The van der Waals surface area contributed by atoms with Crippen molar-refractivity contribution in [1.82, 2.24) is 5.32 Å². The molecule has 0 unspecified atom stereocenters. The monoisotopic (exact) mass is 253 g/mol. The Labute approximate surface area is 108 Å². The fraction of sp³-hybridized carbons (Fsp3) is 0.714. The van der Waals surface area contributed by atoms with Crippen LogP contribution < -0.4 is 5.32 Å². The molecule has 0 aromatic carbocycles. The molecule has 0 bridgehead atoms. The van der Waals surface area contributed by atoms with Gasteiger partial charge in [0.15, 0.2) is 0 Å². The van der Waals surface area contributed by atoms with Crippen molar-refractivity contribution in [3.8, 4) is 0 Å². The predicted molar refractivity (Wildman–Crippen MR) is 73.8 cm³/mol. The fourth-order valence-corrected chi connectivity index (χ4v) is 3.20. The van der Waals surface area contributed by atoms with Gasteiger partial charge in [0.2, 0.25) is 0 Å². The van der Waals surface area contributed by atoms with Gasteiger partial charge < -0.3 is 10.1 Å². The minimum Gasteiger partial charge on any atom is -0.385 e. The predicted octanol–water partition coefficient (Wildman–Crippen LogP) is 3.14. The quantitative estimate of drug-likeness (QED) is 0.719. The first kappa shape index (κ1) is 13.1. The molecule has 0 atom stereocenters. The highest BCUT2D eigenvalue weighted by Crippen LogP contribution is 2.26. The average molecular weight is 253 g/mol. The van der Waals surface area contributed by atoms with Gasteiger partial charge in [0.1, 0.15) is 0 Å². The van der Waals surface area contributed by atoms with Crippen LogP contribution in [0.5, 0.6) is 0 Å². The molecule has 0 radical (unpaired) electrons. The molecule has 1 aromatic rings. The van der Waals surface area contributed by atoms with Crippen molar-refractivity contribution in [2.24, 2.45) is 0 Å².